The van der Waals surface area contributed by atoms with Gasteiger partial charge in [-0.05, 0) is 31.0 Å². The molecule has 1 unspecified atom stereocenters. The normalized spacial score (nSPS) is 11.9. The fourth-order valence-electron chi connectivity index (χ4n) is 2.61. The van der Waals surface area contributed by atoms with Crippen LogP contribution in [0.4, 0.5) is 5.69 Å². The molecule has 0 radical (unpaired) electrons. The summed E-state index contributed by atoms with van der Waals surface area (Å²) in [5, 5.41) is 7.92. The van der Waals surface area contributed by atoms with Crippen LogP contribution in [-0.4, -0.2) is 18.9 Å². The van der Waals surface area contributed by atoms with Crippen LogP contribution in [0.5, 0.6) is 0 Å². The van der Waals surface area contributed by atoms with Crippen molar-refractivity contribution in [3.8, 4) is 0 Å². The minimum Gasteiger partial charge on any atom is -0.387 e. The maximum atomic E-state index is 7.92. The molecule has 1 atom stereocenters. The average Bonchev–Trinajstić information content (AvgIpc) is 2.50. The highest BCUT2D eigenvalue weighted by Crippen LogP contribution is 2.24. The Kier molecular flexibility index (Phi) is 4.99. The number of hydrogen-bond donors (Lipinski definition) is 2. The van der Waals surface area contributed by atoms with Crippen molar-refractivity contribution in [3.63, 3.8) is 0 Å². The topological polar surface area (TPSA) is 53.1 Å². The van der Waals surface area contributed by atoms with Crippen LogP contribution in [0.25, 0.3) is 0 Å². The van der Waals surface area contributed by atoms with Gasteiger partial charge in [0.2, 0.25) is 0 Å². The van der Waals surface area contributed by atoms with Gasteiger partial charge in [0.05, 0.1) is 11.8 Å². The lowest BCUT2D eigenvalue weighted by Gasteiger charge is -2.29. The Bertz CT molecular complexity index is 592. The van der Waals surface area contributed by atoms with Gasteiger partial charge in [0.15, 0.2) is 0 Å². The summed E-state index contributed by atoms with van der Waals surface area (Å²) < 4.78 is 0. The van der Waals surface area contributed by atoms with Crippen molar-refractivity contribution in [2.75, 3.05) is 18.0 Å². The minimum absolute atomic E-state index is 0.0780. The highest BCUT2D eigenvalue weighted by Gasteiger charge is 2.19. The Balaban J connectivity index is 2.27. The van der Waals surface area contributed by atoms with Crippen molar-refractivity contribution >= 4 is 11.5 Å². The van der Waals surface area contributed by atoms with Gasteiger partial charge in [0, 0.05) is 18.8 Å². The van der Waals surface area contributed by atoms with Crippen molar-refractivity contribution in [2.24, 2.45) is 5.73 Å². The number of nitrogens with zero attached hydrogens (tertiary/aromatic N) is 1. The summed E-state index contributed by atoms with van der Waals surface area (Å²) in [7, 11) is 0. The van der Waals surface area contributed by atoms with Crippen LogP contribution >= 0.6 is 0 Å². The van der Waals surface area contributed by atoms with Gasteiger partial charge in [0.25, 0.3) is 0 Å². The lowest BCUT2D eigenvalue weighted by atomic mass is 9.97. The first-order valence-corrected chi connectivity index (χ1v) is 7.33. The second-order valence-electron chi connectivity index (χ2n) is 5.24. The SMILES string of the molecule is CCN(CC(C(=N)N)c1ccccc1)c1ccccc1C. The van der Waals surface area contributed by atoms with Crippen LogP contribution in [0, 0.1) is 12.3 Å². The fourth-order valence-corrected chi connectivity index (χ4v) is 2.61. The van der Waals surface area contributed by atoms with Crippen LogP contribution in [0.3, 0.4) is 0 Å². The van der Waals surface area contributed by atoms with Gasteiger partial charge in [-0.2, -0.15) is 0 Å². The number of hydrogen-bond acceptors (Lipinski definition) is 2. The van der Waals surface area contributed by atoms with Gasteiger partial charge in [-0.3, -0.25) is 5.41 Å². The zero-order valence-electron chi connectivity index (χ0n) is 12.7. The maximum absolute atomic E-state index is 7.92. The molecule has 3 nitrogen and oxygen atoms in total. The summed E-state index contributed by atoms with van der Waals surface area (Å²) in [4.78, 5) is 2.29. The molecule has 0 aliphatic rings. The monoisotopic (exact) mass is 281 g/mol. The van der Waals surface area contributed by atoms with E-state index in [1.807, 2.05) is 36.4 Å². The molecule has 3 heteroatoms. The van der Waals surface area contributed by atoms with Gasteiger partial charge >= 0.3 is 0 Å². The van der Waals surface area contributed by atoms with E-state index in [2.05, 4.69) is 36.9 Å². The van der Waals surface area contributed by atoms with Crippen molar-refractivity contribution < 1.29 is 0 Å². The van der Waals surface area contributed by atoms with E-state index in [1.54, 1.807) is 0 Å². The van der Waals surface area contributed by atoms with Gasteiger partial charge in [-0.15, -0.1) is 0 Å². The van der Waals surface area contributed by atoms with E-state index < -0.39 is 0 Å². The third kappa shape index (κ3) is 3.63. The molecular formula is C18H23N3. The summed E-state index contributed by atoms with van der Waals surface area (Å²) in [6.45, 7) is 5.86. The van der Waals surface area contributed by atoms with E-state index >= 15 is 0 Å². The Morgan fingerprint density at radius 1 is 1.10 bits per heavy atom. The molecule has 21 heavy (non-hydrogen) atoms. The molecule has 3 N–H and O–H groups in total. The number of benzene rings is 2. The Morgan fingerprint density at radius 2 is 1.71 bits per heavy atom. The third-order valence-electron chi connectivity index (χ3n) is 3.82. The van der Waals surface area contributed by atoms with E-state index in [1.165, 1.54) is 11.3 Å². The summed E-state index contributed by atoms with van der Waals surface area (Å²) in [6.07, 6.45) is 0. The Morgan fingerprint density at radius 3 is 2.29 bits per heavy atom. The third-order valence-corrected chi connectivity index (χ3v) is 3.82. The average molecular weight is 281 g/mol. The molecule has 0 aromatic heterocycles. The van der Waals surface area contributed by atoms with E-state index in [0.717, 1.165) is 18.7 Å². The number of para-hydroxylation sites is 1. The lowest BCUT2D eigenvalue weighted by Crippen LogP contribution is -2.35. The minimum atomic E-state index is -0.0780. The molecule has 0 spiro atoms. The van der Waals surface area contributed by atoms with Crippen LogP contribution < -0.4 is 10.6 Å². The smallest absolute Gasteiger partial charge is 0.1000 e. The second-order valence-corrected chi connectivity index (χ2v) is 5.24. The molecule has 0 amide bonds. The number of likely N-dealkylation sites (N-methyl/N-ethyl adjacent to an activating group) is 1. The van der Waals surface area contributed by atoms with Gasteiger partial charge in [0.1, 0.15) is 0 Å². The van der Waals surface area contributed by atoms with Crippen molar-refractivity contribution in [1.29, 1.82) is 5.41 Å². The number of nitrogens with two attached hydrogens (primary N) is 1. The van der Waals surface area contributed by atoms with Crippen LogP contribution in [0.15, 0.2) is 54.6 Å². The highest BCUT2D eigenvalue weighted by atomic mass is 15.1. The molecule has 0 saturated carbocycles. The lowest BCUT2D eigenvalue weighted by molar-refractivity contribution is 0.762. The van der Waals surface area contributed by atoms with Crippen molar-refractivity contribution in [2.45, 2.75) is 19.8 Å². The molecular weight excluding hydrogens is 258 g/mol. The van der Waals surface area contributed by atoms with Gasteiger partial charge in [-0.1, -0.05) is 48.5 Å². The first kappa shape index (κ1) is 15.1. The zero-order valence-corrected chi connectivity index (χ0v) is 12.7. The maximum Gasteiger partial charge on any atom is 0.1000 e. The largest absolute Gasteiger partial charge is 0.387 e. The number of rotatable bonds is 6. The number of amidine groups is 1. The van der Waals surface area contributed by atoms with Crippen LogP contribution in [0.2, 0.25) is 0 Å². The molecule has 0 aliphatic carbocycles. The van der Waals surface area contributed by atoms with Gasteiger partial charge in [-0.25, -0.2) is 0 Å². The van der Waals surface area contributed by atoms with Crippen molar-refractivity contribution in [1.82, 2.24) is 0 Å². The van der Waals surface area contributed by atoms with Crippen LogP contribution in [-0.2, 0) is 0 Å². The Hall–Kier alpha value is -2.29. The molecule has 2 rings (SSSR count). The van der Waals surface area contributed by atoms with Crippen molar-refractivity contribution in [3.05, 3.63) is 65.7 Å². The molecule has 2 aromatic carbocycles. The fraction of sp³-hybridized carbons (Fsp3) is 0.278. The molecule has 110 valence electrons. The van der Waals surface area contributed by atoms with Crippen LogP contribution in [0.1, 0.15) is 24.0 Å². The molecule has 2 aromatic rings. The predicted octanol–water partition coefficient (Wildman–Crippen LogP) is 3.54. The first-order chi connectivity index (χ1) is 10.1. The summed E-state index contributed by atoms with van der Waals surface area (Å²) >= 11 is 0. The number of nitrogens with one attached hydrogen (secondary N) is 1. The zero-order chi connectivity index (χ0) is 15.2. The second kappa shape index (κ2) is 6.93. The number of aryl methyl sites for hydroxylation is 1. The summed E-state index contributed by atoms with van der Waals surface area (Å²) in [5.74, 6) is 0.138. The summed E-state index contributed by atoms with van der Waals surface area (Å²) in [5.41, 5.74) is 9.39. The quantitative estimate of drug-likeness (QED) is 0.628. The van der Waals surface area contributed by atoms with E-state index in [0.29, 0.717) is 0 Å². The molecule has 0 saturated heterocycles. The highest BCUT2D eigenvalue weighted by molar-refractivity contribution is 5.85. The summed E-state index contributed by atoms with van der Waals surface area (Å²) in [6, 6.07) is 18.4. The number of anilines is 1. The molecule has 0 bridgehead atoms. The molecule has 0 fully saturated rings. The molecule has 0 heterocycles. The van der Waals surface area contributed by atoms with E-state index in [4.69, 9.17) is 11.1 Å². The standard InChI is InChI=1S/C18H23N3/c1-3-21(17-12-8-7-9-14(17)2)13-16(18(19)20)15-10-5-4-6-11-15/h4-12,16H,3,13H2,1-2H3,(H3,19,20). The van der Waals surface area contributed by atoms with Gasteiger partial charge < -0.3 is 10.6 Å². The van der Waals surface area contributed by atoms with E-state index in [9.17, 15) is 0 Å². The molecule has 0 aliphatic heterocycles. The first-order valence-electron chi connectivity index (χ1n) is 7.33. The van der Waals surface area contributed by atoms with E-state index in [-0.39, 0.29) is 11.8 Å². The Labute approximate surface area is 126 Å². The predicted molar refractivity (Wildman–Crippen MR) is 90.2 cm³/mol.